The van der Waals surface area contributed by atoms with Crippen LogP contribution in [-0.2, 0) is 16.0 Å². The molecule has 0 heterocycles. The zero-order valence-corrected chi connectivity index (χ0v) is 24.2. The van der Waals surface area contributed by atoms with Gasteiger partial charge in [-0.3, -0.25) is 14.4 Å². The lowest BCUT2D eigenvalue weighted by molar-refractivity contribution is -0.117. The summed E-state index contributed by atoms with van der Waals surface area (Å²) in [5.41, 5.74) is -0.122. The smallest absolute Gasteiger partial charge is 0.231 e. The van der Waals surface area contributed by atoms with Gasteiger partial charge in [0, 0.05) is 30.0 Å². The van der Waals surface area contributed by atoms with Crippen molar-refractivity contribution in [3.05, 3.63) is 105 Å². The Labute approximate surface area is 250 Å². The maximum absolute atomic E-state index is 15.0. The summed E-state index contributed by atoms with van der Waals surface area (Å²) in [6, 6.07) is 10.4. The SMILES string of the molecule is C=CCC(=O)Nc1c(F)ccc(CC(=O)c2cc(NC(=O)[C@H]3[C@H](c4ccc(F)c(Br)c4)C3(Cl)Cl)ccc2Cl)c1F. The molecule has 0 bridgehead atoms. The van der Waals surface area contributed by atoms with Crippen LogP contribution in [0.4, 0.5) is 24.5 Å². The summed E-state index contributed by atoms with van der Waals surface area (Å²) in [6.07, 6.45) is 0.607. The number of hydrogen-bond donors (Lipinski definition) is 2. The lowest BCUT2D eigenvalue weighted by atomic mass is 10.0. The Balaban J connectivity index is 1.51. The average Bonchev–Trinajstić information content (AvgIpc) is 3.48. The number of carbonyl (C=O) groups is 3. The molecule has 0 aromatic heterocycles. The average molecular weight is 675 g/mol. The van der Waals surface area contributed by atoms with Crippen molar-refractivity contribution < 1.29 is 27.6 Å². The first kappa shape index (κ1) is 30.1. The molecule has 1 saturated carbocycles. The molecule has 40 heavy (non-hydrogen) atoms. The molecule has 2 atom stereocenters. The number of nitrogens with one attached hydrogen (secondary N) is 2. The molecular weight excluding hydrogens is 656 g/mol. The Morgan fingerprint density at radius 1 is 1.00 bits per heavy atom. The van der Waals surface area contributed by atoms with E-state index in [1.807, 2.05) is 0 Å². The normalized spacial score (nSPS) is 17.2. The fourth-order valence-corrected chi connectivity index (χ4v) is 5.69. The van der Waals surface area contributed by atoms with E-state index < -0.39 is 63.3 Å². The molecule has 0 aliphatic heterocycles. The highest BCUT2D eigenvalue weighted by Crippen LogP contribution is 2.65. The standard InChI is InChI=1S/C28H19BrCl3F3N2O3/c1-2-3-22(39)37-26-20(34)9-5-14(25(26)35)11-21(38)16-12-15(6-7-18(16)30)36-27(40)24-23(28(24,31)32)13-4-8-19(33)17(29)10-13/h2,4-10,12,23-24H,1,3,11H2,(H,36,40)(H,37,39)/t23-,24+/m0/s1. The first-order chi connectivity index (χ1) is 18.8. The van der Waals surface area contributed by atoms with Gasteiger partial charge in [0.05, 0.1) is 15.4 Å². The molecule has 0 radical (unpaired) electrons. The van der Waals surface area contributed by atoms with E-state index in [9.17, 15) is 27.6 Å². The van der Waals surface area contributed by atoms with Gasteiger partial charge >= 0.3 is 0 Å². The Kier molecular flexibility index (Phi) is 8.99. The number of rotatable bonds is 9. The van der Waals surface area contributed by atoms with E-state index in [0.29, 0.717) is 5.56 Å². The second kappa shape index (κ2) is 11.9. The Morgan fingerprint density at radius 2 is 1.70 bits per heavy atom. The summed E-state index contributed by atoms with van der Waals surface area (Å²) in [5.74, 6) is -5.90. The molecule has 208 valence electrons. The molecule has 0 spiro atoms. The minimum atomic E-state index is -1.44. The van der Waals surface area contributed by atoms with E-state index >= 15 is 0 Å². The summed E-state index contributed by atoms with van der Waals surface area (Å²) < 4.78 is 41.5. The van der Waals surface area contributed by atoms with Crippen molar-refractivity contribution in [2.24, 2.45) is 5.92 Å². The maximum atomic E-state index is 15.0. The molecule has 5 nitrogen and oxygen atoms in total. The number of hydrogen-bond acceptors (Lipinski definition) is 3. The molecule has 12 heteroatoms. The van der Waals surface area contributed by atoms with Gasteiger partial charge < -0.3 is 10.6 Å². The van der Waals surface area contributed by atoms with Crippen LogP contribution in [0.2, 0.25) is 5.02 Å². The fraction of sp³-hybridized carbons (Fsp3) is 0.179. The number of halogens is 7. The van der Waals surface area contributed by atoms with Crippen molar-refractivity contribution in [3.63, 3.8) is 0 Å². The van der Waals surface area contributed by atoms with Gasteiger partial charge in [-0.1, -0.05) is 29.8 Å². The minimum Gasteiger partial charge on any atom is -0.326 e. The lowest BCUT2D eigenvalue weighted by Gasteiger charge is -2.12. The van der Waals surface area contributed by atoms with E-state index in [0.717, 1.165) is 12.1 Å². The highest BCUT2D eigenvalue weighted by atomic mass is 79.9. The summed E-state index contributed by atoms with van der Waals surface area (Å²) >= 11 is 22.1. The quantitative estimate of drug-likeness (QED) is 0.137. The van der Waals surface area contributed by atoms with Crippen LogP contribution in [0.25, 0.3) is 0 Å². The summed E-state index contributed by atoms with van der Waals surface area (Å²) in [5, 5.41) is 4.82. The third-order valence-electron chi connectivity index (χ3n) is 6.29. The van der Waals surface area contributed by atoms with Crippen molar-refractivity contribution in [2.45, 2.75) is 23.1 Å². The van der Waals surface area contributed by atoms with E-state index in [1.165, 1.54) is 42.5 Å². The topological polar surface area (TPSA) is 75.3 Å². The van der Waals surface area contributed by atoms with Gasteiger partial charge in [-0.2, -0.15) is 0 Å². The number of benzene rings is 3. The number of amides is 2. The molecule has 2 amide bonds. The summed E-state index contributed by atoms with van der Waals surface area (Å²) in [7, 11) is 0. The number of ketones is 1. The van der Waals surface area contributed by atoms with Crippen LogP contribution in [0.1, 0.15) is 33.8 Å². The van der Waals surface area contributed by atoms with Crippen LogP contribution in [-0.4, -0.2) is 21.9 Å². The van der Waals surface area contributed by atoms with E-state index in [2.05, 4.69) is 33.1 Å². The van der Waals surface area contributed by atoms with E-state index in [1.54, 1.807) is 0 Å². The number of anilines is 2. The van der Waals surface area contributed by atoms with Crippen LogP contribution in [0.3, 0.4) is 0 Å². The predicted molar refractivity (Wildman–Crippen MR) is 153 cm³/mol. The molecular formula is C28H19BrCl3F3N2O3. The molecule has 1 aliphatic carbocycles. The van der Waals surface area contributed by atoms with Crippen LogP contribution in [0.5, 0.6) is 0 Å². The van der Waals surface area contributed by atoms with Gasteiger partial charge in [0.15, 0.2) is 11.6 Å². The highest BCUT2D eigenvalue weighted by molar-refractivity contribution is 9.10. The minimum absolute atomic E-state index is 0.0294. The van der Waals surface area contributed by atoms with E-state index in [-0.39, 0.29) is 32.7 Å². The molecule has 2 N–H and O–H groups in total. The third-order valence-corrected chi connectivity index (χ3v) is 8.17. The monoisotopic (exact) mass is 672 g/mol. The molecule has 1 fully saturated rings. The highest BCUT2D eigenvalue weighted by Gasteiger charge is 2.67. The molecule has 0 saturated heterocycles. The summed E-state index contributed by atoms with van der Waals surface area (Å²) in [6.45, 7) is 3.40. The third kappa shape index (κ3) is 6.22. The van der Waals surface area contributed by atoms with Crippen LogP contribution in [0.15, 0.2) is 65.7 Å². The second-order valence-corrected chi connectivity index (χ2v) is 11.7. The van der Waals surface area contributed by atoms with Gasteiger partial charge in [-0.15, -0.1) is 29.8 Å². The molecule has 1 aliphatic rings. The zero-order chi connectivity index (χ0) is 29.4. The number of alkyl halides is 2. The molecule has 3 aromatic carbocycles. The fourth-order valence-electron chi connectivity index (χ4n) is 4.25. The lowest BCUT2D eigenvalue weighted by Crippen LogP contribution is -2.18. The molecule has 4 rings (SSSR count). The number of Topliss-reactive ketones (excluding diaryl/α,β-unsaturated/α-hetero) is 1. The Morgan fingerprint density at radius 3 is 2.38 bits per heavy atom. The second-order valence-electron chi connectivity index (χ2n) is 9.02. The maximum Gasteiger partial charge on any atom is 0.231 e. The van der Waals surface area contributed by atoms with Gasteiger partial charge in [0.25, 0.3) is 0 Å². The first-order valence-corrected chi connectivity index (χ1v) is 13.6. The molecule has 3 aromatic rings. The predicted octanol–water partition coefficient (Wildman–Crippen LogP) is 7.99. The van der Waals surface area contributed by atoms with Crippen molar-refractivity contribution in [1.29, 1.82) is 0 Å². The van der Waals surface area contributed by atoms with Crippen molar-refractivity contribution in [1.82, 2.24) is 0 Å². The summed E-state index contributed by atoms with van der Waals surface area (Å²) in [4.78, 5) is 37.9. The van der Waals surface area contributed by atoms with Crippen LogP contribution in [0, 0.1) is 23.4 Å². The Bertz CT molecular complexity index is 1550. The van der Waals surface area contributed by atoms with Crippen molar-refractivity contribution in [3.8, 4) is 0 Å². The Hall–Kier alpha value is -2.85. The first-order valence-electron chi connectivity index (χ1n) is 11.7. The zero-order valence-electron chi connectivity index (χ0n) is 20.3. The van der Waals surface area contributed by atoms with Gasteiger partial charge in [0.2, 0.25) is 11.8 Å². The van der Waals surface area contributed by atoms with E-state index in [4.69, 9.17) is 34.8 Å². The van der Waals surface area contributed by atoms with Gasteiger partial charge in [-0.25, -0.2) is 13.2 Å². The van der Waals surface area contributed by atoms with Crippen molar-refractivity contribution in [2.75, 3.05) is 10.6 Å². The molecule has 0 unspecified atom stereocenters. The van der Waals surface area contributed by atoms with Crippen molar-refractivity contribution >= 4 is 79.7 Å². The van der Waals surface area contributed by atoms with Gasteiger partial charge in [0.1, 0.15) is 21.7 Å². The van der Waals surface area contributed by atoms with Crippen LogP contribution < -0.4 is 10.6 Å². The largest absolute Gasteiger partial charge is 0.326 e. The number of carbonyl (C=O) groups excluding carboxylic acids is 3. The van der Waals surface area contributed by atoms with Gasteiger partial charge in [-0.05, 0) is 63.5 Å². The van der Waals surface area contributed by atoms with Crippen LogP contribution >= 0.6 is 50.7 Å².